The number of aryl methyl sites for hydroxylation is 2. The summed E-state index contributed by atoms with van der Waals surface area (Å²) in [5.74, 6) is -0.220. The number of nitrogens with zero attached hydrogens (tertiary/aromatic N) is 1. The molecule has 0 saturated carbocycles. The van der Waals surface area contributed by atoms with Gasteiger partial charge in [0, 0.05) is 13.2 Å². The van der Waals surface area contributed by atoms with E-state index in [0.717, 1.165) is 5.56 Å². The molecule has 0 aromatic carbocycles. The molecule has 4 nitrogen and oxygen atoms in total. The average Bonchev–Trinajstić information content (AvgIpc) is 2.32. The molecule has 1 rings (SSSR count). The molecular weight excluding hydrogens is 156 g/mol. The van der Waals surface area contributed by atoms with Gasteiger partial charge in [0.2, 0.25) is 0 Å². The Morgan fingerprint density at radius 1 is 1.67 bits per heavy atom. The zero-order valence-corrected chi connectivity index (χ0v) is 7.42. The predicted octanol–water partition coefficient (Wildman–Crippen LogP) is 0.625. The minimum absolute atomic E-state index is 0.220. The Kier molecular flexibility index (Phi) is 2.50. The van der Waals surface area contributed by atoms with E-state index in [-0.39, 0.29) is 5.91 Å². The maximum atomic E-state index is 11.3. The third-order valence-electron chi connectivity index (χ3n) is 1.68. The average molecular weight is 168 g/mol. The maximum Gasteiger partial charge on any atom is 0.291 e. The number of aromatic nitrogens is 1. The molecule has 0 aliphatic rings. The third kappa shape index (κ3) is 1.48. The number of hydrogen-bond donors (Lipinski definition) is 1. The Hall–Kier alpha value is -1.29. The van der Waals surface area contributed by atoms with Crippen molar-refractivity contribution in [3.63, 3.8) is 0 Å². The number of hydroxylamine groups is 1. The van der Waals surface area contributed by atoms with Crippen molar-refractivity contribution in [3.8, 4) is 0 Å². The Morgan fingerprint density at radius 3 is 2.75 bits per heavy atom. The number of carbonyl (C=O) groups excluding carboxylic acids is 1. The minimum Gasteiger partial charge on any atom is -0.346 e. The molecule has 0 aliphatic heterocycles. The number of rotatable bonds is 2. The third-order valence-corrected chi connectivity index (χ3v) is 1.68. The fraction of sp³-hybridized carbons (Fsp3) is 0.375. The topological polar surface area (TPSA) is 43.3 Å². The highest BCUT2D eigenvalue weighted by Crippen LogP contribution is 2.07. The molecule has 0 unspecified atom stereocenters. The first-order valence-corrected chi connectivity index (χ1v) is 3.62. The molecule has 1 aromatic rings. The number of hydrogen-bond acceptors (Lipinski definition) is 2. The second kappa shape index (κ2) is 3.40. The van der Waals surface area contributed by atoms with Crippen molar-refractivity contribution < 1.29 is 9.63 Å². The van der Waals surface area contributed by atoms with E-state index < -0.39 is 0 Å². The summed E-state index contributed by atoms with van der Waals surface area (Å²) >= 11 is 0. The maximum absolute atomic E-state index is 11.3. The highest BCUT2D eigenvalue weighted by molar-refractivity contribution is 5.93. The molecule has 0 radical (unpaired) electrons. The standard InChI is InChI=1S/C8H12N2O2/c1-6-4-5-10(2)7(6)8(11)9-12-3/h4-5H,1-3H3,(H,9,11). The van der Waals surface area contributed by atoms with E-state index in [1.165, 1.54) is 7.11 Å². The van der Waals surface area contributed by atoms with Gasteiger partial charge in [0.1, 0.15) is 5.69 Å². The van der Waals surface area contributed by atoms with Crippen LogP contribution in [-0.4, -0.2) is 17.6 Å². The lowest BCUT2D eigenvalue weighted by atomic mass is 10.2. The van der Waals surface area contributed by atoms with Crippen LogP contribution in [0.4, 0.5) is 0 Å². The lowest BCUT2D eigenvalue weighted by Crippen LogP contribution is -2.24. The molecule has 1 amide bonds. The fourth-order valence-electron chi connectivity index (χ4n) is 1.14. The van der Waals surface area contributed by atoms with E-state index in [0.29, 0.717) is 5.69 Å². The summed E-state index contributed by atoms with van der Waals surface area (Å²) in [6.45, 7) is 1.88. The van der Waals surface area contributed by atoms with Crippen molar-refractivity contribution in [3.05, 3.63) is 23.5 Å². The molecular formula is C8H12N2O2. The van der Waals surface area contributed by atoms with Crippen LogP contribution in [0.25, 0.3) is 0 Å². The second-order valence-corrected chi connectivity index (χ2v) is 2.59. The summed E-state index contributed by atoms with van der Waals surface area (Å²) in [5.41, 5.74) is 3.83. The SMILES string of the molecule is CONC(=O)c1c(C)ccn1C. The Bertz CT molecular complexity index is 272. The molecule has 0 bridgehead atoms. The molecule has 1 N–H and O–H groups in total. The number of amides is 1. The molecule has 0 saturated heterocycles. The monoisotopic (exact) mass is 168 g/mol. The first-order chi connectivity index (χ1) is 5.66. The second-order valence-electron chi connectivity index (χ2n) is 2.59. The van der Waals surface area contributed by atoms with Crippen LogP contribution in [0.3, 0.4) is 0 Å². The van der Waals surface area contributed by atoms with Gasteiger partial charge >= 0.3 is 0 Å². The van der Waals surface area contributed by atoms with E-state index in [1.807, 2.05) is 26.2 Å². The summed E-state index contributed by atoms with van der Waals surface area (Å²) in [6, 6.07) is 1.88. The lowest BCUT2D eigenvalue weighted by Gasteiger charge is -2.04. The molecule has 4 heteroatoms. The smallest absolute Gasteiger partial charge is 0.291 e. The molecule has 0 spiro atoms. The van der Waals surface area contributed by atoms with Crippen LogP contribution in [0.1, 0.15) is 16.1 Å². The zero-order valence-electron chi connectivity index (χ0n) is 7.42. The quantitative estimate of drug-likeness (QED) is 0.658. The van der Waals surface area contributed by atoms with Gasteiger partial charge in [0.15, 0.2) is 0 Å². The van der Waals surface area contributed by atoms with E-state index in [4.69, 9.17) is 0 Å². The summed E-state index contributed by atoms with van der Waals surface area (Å²) in [7, 11) is 3.23. The summed E-state index contributed by atoms with van der Waals surface area (Å²) in [6.07, 6.45) is 1.83. The first kappa shape index (κ1) is 8.80. The Labute approximate surface area is 71.1 Å². The van der Waals surface area contributed by atoms with Crippen LogP contribution in [0, 0.1) is 6.92 Å². The minimum atomic E-state index is -0.220. The van der Waals surface area contributed by atoms with Gasteiger partial charge < -0.3 is 4.57 Å². The molecule has 12 heavy (non-hydrogen) atoms. The zero-order chi connectivity index (χ0) is 9.14. The molecule has 1 aromatic heterocycles. The van der Waals surface area contributed by atoms with Gasteiger partial charge in [0.25, 0.3) is 5.91 Å². The van der Waals surface area contributed by atoms with Crippen molar-refractivity contribution in [2.75, 3.05) is 7.11 Å². The van der Waals surface area contributed by atoms with Gasteiger partial charge in [-0.05, 0) is 18.6 Å². The summed E-state index contributed by atoms with van der Waals surface area (Å²) in [4.78, 5) is 15.8. The lowest BCUT2D eigenvalue weighted by molar-refractivity contribution is 0.0528. The van der Waals surface area contributed by atoms with Crippen LogP contribution in [0.2, 0.25) is 0 Å². The van der Waals surface area contributed by atoms with Crippen molar-refractivity contribution in [2.45, 2.75) is 6.92 Å². The van der Waals surface area contributed by atoms with E-state index in [2.05, 4.69) is 10.3 Å². The summed E-state index contributed by atoms with van der Waals surface area (Å²) in [5, 5.41) is 0. The van der Waals surface area contributed by atoms with E-state index in [1.54, 1.807) is 4.57 Å². The molecule has 0 fully saturated rings. The predicted molar refractivity (Wildman–Crippen MR) is 44.6 cm³/mol. The highest BCUT2D eigenvalue weighted by atomic mass is 16.6. The van der Waals surface area contributed by atoms with Gasteiger partial charge in [0.05, 0.1) is 7.11 Å². The van der Waals surface area contributed by atoms with Gasteiger partial charge in [-0.25, -0.2) is 5.48 Å². The van der Waals surface area contributed by atoms with Crippen molar-refractivity contribution in [2.24, 2.45) is 7.05 Å². The largest absolute Gasteiger partial charge is 0.346 e. The Morgan fingerprint density at radius 2 is 2.33 bits per heavy atom. The molecule has 0 atom stereocenters. The van der Waals surface area contributed by atoms with Crippen LogP contribution in [0.5, 0.6) is 0 Å². The molecule has 66 valence electrons. The van der Waals surface area contributed by atoms with E-state index >= 15 is 0 Å². The van der Waals surface area contributed by atoms with E-state index in [9.17, 15) is 4.79 Å². The van der Waals surface area contributed by atoms with Gasteiger partial charge in [-0.1, -0.05) is 0 Å². The van der Waals surface area contributed by atoms with Gasteiger partial charge in [-0.15, -0.1) is 0 Å². The first-order valence-electron chi connectivity index (χ1n) is 3.62. The van der Waals surface area contributed by atoms with Crippen LogP contribution >= 0.6 is 0 Å². The van der Waals surface area contributed by atoms with Crippen molar-refractivity contribution in [1.82, 2.24) is 10.0 Å². The summed E-state index contributed by atoms with van der Waals surface area (Å²) < 4.78 is 1.75. The molecule has 1 heterocycles. The number of nitrogens with one attached hydrogen (secondary N) is 1. The van der Waals surface area contributed by atoms with Crippen molar-refractivity contribution in [1.29, 1.82) is 0 Å². The Balaban J connectivity index is 2.93. The van der Waals surface area contributed by atoms with Crippen molar-refractivity contribution >= 4 is 5.91 Å². The normalized spacial score (nSPS) is 9.92. The van der Waals surface area contributed by atoms with Gasteiger partial charge in [-0.3, -0.25) is 9.63 Å². The molecule has 0 aliphatic carbocycles. The highest BCUT2D eigenvalue weighted by Gasteiger charge is 2.11. The number of carbonyl (C=O) groups is 1. The van der Waals surface area contributed by atoms with Gasteiger partial charge in [-0.2, -0.15) is 0 Å². The van der Waals surface area contributed by atoms with Crippen LogP contribution in [0.15, 0.2) is 12.3 Å². The van der Waals surface area contributed by atoms with Crippen LogP contribution < -0.4 is 5.48 Å². The fourth-order valence-corrected chi connectivity index (χ4v) is 1.14. The van der Waals surface area contributed by atoms with Crippen LogP contribution in [-0.2, 0) is 11.9 Å².